The summed E-state index contributed by atoms with van der Waals surface area (Å²) < 4.78 is 14.8. The standard InChI is InChI=1S/C21H23FN6O/c1-3-18-19(29)8-16-11-24-21(26-20(16)27(18)2)23-9-15-10-25-28(13-15)12-14-4-6-17(22)7-5-14/h4-7,10-11,13,18H,3,8-9,12H2,1-2H3,(H,23,24,26). The van der Waals surface area contributed by atoms with E-state index in [4.69, 9.17) is 0 Å². The van der Waals surface area contributed by atoms with Crippen molar-refractivity contribution in [3.63, 3.8) is 0 Å². The molecule has 8 heteroatoms. The van der Waals surface area contributed by atoms with E-state index >= 15 is 0 Å². The third-order valence-corrected chi connectivity index (χ3v) is 5.16. The van der Waals surface area contributed by atoms with Crippen molar-refractivity contribution in [2.24, 2.45) is 0 Å². The summed E-state index contributed by atoms with van der Waals surface area (Å²) in [5.41, 5.74) is 2.83. The molecule has 29 heavy (non-hydrogen) atoms. The number of Topliss-reactive ketones (excluding diaryl/α,β-unsaturated/α-hetero) is 1. The van der Waals surface area contributed by atoms with Crippen LogP contribution in [0.25, 0.3) is 0 Å². The molecule has 0 bridgehead atoms. The minimum atomic E-state index is -0.246. The van der Waals surface area contributed by atoms with Gasteiger partial charge in [0, 0.05) is 43.5 Å². The van der Waals surface area contributed by atoms with E-state index in [-0.39, 0.29) is 17.6 Å². The molecule has 4 rings (SSSR count). The lowest BCUT2D eigenvalue weighted by Crippen LogP contribution is -2.43. The molecule has 0 fully saturated rings. The Morgan fingerprint density at radius 1 is 1.21 bits per heavy atom. The van der Waals surface area contributed by atoms with Crippen molar-refractivity contribution in [1.29, 1.82) is 0 Å². The van der Waals surface area contributed by atoms with Crippen molar-refractivity contribution in [1.82, 2.24) is 19.7 Å². The Kier molecular flexibility index (Phi) is 5.24. The SMILES string of the molecule is CCC1C(=O)Cc2cnc(NCc3cnn(Cc4ccc(F)cc4)c3)nc2N1C. The number of hydrogen-bond donors (Lipinski definition) is 1. The number of carbonyl (C=O) groups is 1. The first-order valence-corrected chi connectivity index (χ1v) is 9.64. The van der Waals surface area contributed by atoms with Crippen molar-refractivity contribution in [2.45, 2.75) is 38.9 Å². The van der Waals surface area contributed by atoms with Gasteiger partial charge in [0.15, 0.2) is 5.78 Å². The maximum Gasteiger partial charge on any atom is 0.224 e. The third kappa shape index (κ3) is 4.11. The Balaban J connectivity index is 1.41. The predicted molar refractivity (Wildman–Crippen MR) is 108 cm³/mol. The number of nitrogens with one attached hydrogen (secondary N) is 1. The lowest BCUT2D eigenvalue weighted by Gasteiger charge is -2.33. The van der Waals surface area contributed by atoms with Gasteiger partial charge in [-0.15, -0.1) is 0 Å². The summed E-state index contributed by atoms with van der Waals surface area (Å²) in [6.07, 6.45) is 6.59. The van der Waals surface area contributed by atoms with Crippen LogP contribution in [0.4, 0.5) is 16.2 Å². The minimum Gasteiger partial charge on any atom is -0.350 e. The van der Waals surface area contributed by atoms with E-state index in [9.17, 15) is 9.18 Å². The molecule has 1 unspecified atom stereocenters. The molecule has 0 saturated carbocycles. The van der Waals surface area contributed by atoms with Gasteiger partial charge in [0.25, 0.3) is 0 Å². The maximum atomic E-state index is 13.0. The highest BCUT2D eigenvalue weighted by molar-refractivity contribution is 5.92. The van der Waals surface area contributed by atoms with Gasteiger partial charge < -0.3 is 10.2 Å². The first-order valence-electron chi connectivity index (χ1n) is 9.64. The number of ketones is 1. The second kappa shape index (κ2) is 7.98. The molecule has 150 valence electrons. The topological polar surface area (TPSA) is 75.9 Å². The zero-order valence-electron chi connectivity index (χ0n) is 16.5. The first kappa shape index (κ1) is 19.0. The van der Waals surface area contributed by atoms with Crippen molar-refractivity contribution < 1.29 is 9.18 Å². The van der Waals surface area contributed by atoms with Gasteiger partial charge in [-0.3, -0.25) is 9.48 Å². The number of nitrogens with zero attached hydrogens (tertiary/aromatic N) is 5. The number of likely N-dealkylation sites (N-methyl/N-ethyl adjacent to an activating group) is 1. The van der Waals surface area contributed by atoms with Crippen LogP contribution in [0, 0.1) is 5.82 Å². The zero-order valence-corrected chi connectivity index (χ0v) is 16.5. The third-order valence-electron chi connectivity index (χ3n) is 5.16. The van der Waals surface area contributed by atoms with Crippen LogP contribution in [0.15, 0.2) is 42.9 Å². The van der Waals surface area contributed by atoms with Gasteiger partial charge in [0.2, 0.25) is 5.95 Å². The minimum absolute atomic E-state index is 0.130. The molecule has 0 amide bonds. The summed E-state index contributed by atoms with van der Waals surface area (Å²) in [5.74, 6) is 1.29. The Morgan fingerprint density at radius 3 is 2.76 bits per heavy atom. The number of benzene rings is 1. The lowest BCUT2D eigenvalue weighted by atomic mass is 9.97. The van der Waals surface area contributed by atoms with Gasteiger partial charge in [-0.25, -0.2) is 9.37 Å². The smallest absolute Gasteiger partial charge is 0.224 e. The maximum absolute atomic E-state index is 13.0. The molecule has 1 aliphatic heterocycles. The molecule has 2 aromatic heterocycles. The largest absolute Gasteiger partial charge is 0.350 e. The Hall–Kier alpha value is -3.29. The van der Waals surface area contributed by atoms with Crippen molar-refractivity contribution in [3.8, 4) is 0 Å². The second-order valence-electron chi connectivity index (χ2n) is 7.25. The van der Waals surface area contributed by atoms with Crippen LogP contribution in [0.2, 0.25) is 0 Å². The number of carbonyl (C=O) groups excluding carboxylic acids is 1. The first-order chi connectivity index (χ1) is 14.0. The van der Waals surface area contributed by atoms with Crippen LogP contribution in [-0.4, -0.2) is 38.6 Å². The molecular formula is C21H23FN6O. The summed E-state index contributed by atoms with van der Waals surface area (Å²) in [7, 11) is 1.90. The molecule has 1 aliphatic rings. The molecule has 3 heterocycles. The molecule has 1 N–H and O–H groups in total. The Morgan fingerprint density at radius 2 is 2.00 bits per heavy atom. The summed E-state index contributed by atoms with van der Waals surface area (Å²) in [4.78, 5) is 23.1. The van der Waals surface area contributed by atoms with Crippen LogP contribution in [0.5, 0.6) is 0 Å². The summed E-state index contributed by atoms with van der Waals surface area (Å²) in [6, 6.07) is 6.27. The van der Waals surface area contributed by atoms with Crippen LogP contribution >= 0.6 is 0 Å². The summed E-state index contributed by atoms with van der Waals surface area (Å²) in [6.45, 7) is 3.11. The molecule has 3 aromatic rings. The Labute approximate surface area is 168 Å². The van der Waals surface area contributed by atoms with Crippen molar-refractivity contribution in [3.05, 3.63) is 65.4 Å². The summed E-state index contributed by atoms with van der Waals surface area (Å²) >= 11 is 0. The molecule has 0 radical (unpaired) electrons. The molecule has 0 spiro atoms. The number of anilines is 2. The van der Waals surface area contributed by atoms with Gasteiger partial charge in [0.1, 0.15) is 11.6 Å². The fraction of sp³-hybridized carbons (Fsp3) is 0.333. The van der Waals surface area contributed by atoms with Crippen molar-refractivity contribution >= 4 is 17.5 Å². The molecule has 0 saturated heterocycles. The fourth-order valence-corrected chi connectivity index (χ4v) is 3.63. The van der Waals surface area contributed by atoms with E-state index in [1.807, 2.05) is 29.7 Å². The van der Waals surface area contributed by atoms with Crippen LogP contribution < -0.4 is 10.2 Å². The summed E-state index contributed by atoms with van der Waals surface area (Å²) in [5, 5.41) is 7.58. The molecule has 1 aromatic carbocycles. The number of fused-ring (bicyclic) bond motifs is 1. The van der Waals surface area contributed by atoms with Gasteiger partial charge in [-0.05, 0) is 24.1 Å². The average molecular weight is 394 g/mol. The normalized spacial score (nSPS) is 16.0. The highest BCUT2D eigenvalue weighted by Gasteiger charge is 2.30. The quantitative estimate of drug-likeness (QED) is 0.693. The van der Waals surface area contributed by atoms with Crippen LogP contribution in [0.1, 0.15) is 30.0 Å². The Bertz CT molecular complexity index is 1020. The van der Waals surface area contributed by atoms with E-state index in [0.29, 0.717) is 25.5 Å². The van der Waals surface area contributed by atoms with Crippen molar-refractivity contribution in [2.75, 3.05) is 17.3 Å². The van der Waals surface area contributed by atoms with Crippen LogP contribution in [0.3, 0.4) is 0 Å². The molecule has 1 atom stereocenters. The second-order valence-corrected chi connectivity index (χ2v) is 7.25. The highest BCUT2D eigenvalue weighted by Crippen LogP contribution is 2.27. The number of rotatable bonds is 6. The van der Waals surface area contributed by atoms with E-state index < -0.39 is 0 Å². The van der Waals surface area contributed by atoms with E-state index in [0.717, 1.165) is 28.9 Å². The van der Waals surface area contributed by atoms with Gasteiger partial charge in [-0.1, -0.05) is 19.1 Å². The highest BCUT2D eigenvalue weighted by atomic mass is 19.1. The van der Waals surface area contributed by atoms with E-state index in [1.165, 1.54) is 12.1 Å². The van der Waals surface area contributed by atoms with E-state index in [2.05, 4.69) is 20.4 Å². The molecule has 7 nitrogen and oxygen atoms in total. The van der Waals surface area contributed by atoms with Gasteiger partial charge >= 0.3 is 0 Å². The number of aromatic nitrogens is 4. The van der Waals surface area contributed by atoms with Gasteiger partial charge in [-0.2, -0.15) is 10.1 Å². The molecular weight excluding hydrogens is 371 g/mol. The molecule has 0 aliphatic carbocycles. The number of halogens is 1. The average Bonchev–Trinajstić information content (AvgIpc) is 3.16. The lowest BCUT2D eigenvalue weighted by molar-refractivity contribution is -0.120. The monoisotopic (exact) mass is 394 g/mol. The van der Waals surface area contributed by atoms with Gasteiger partial charge in [0.05, 0.1) is 18.8 Å². The van der Waals surface area contributed by atoms with Crippen LogP contribution in [-0.2, 0) is 24.3 Å². The fourth-order valence-electron chi connectivity index (χ4n) is 3.63. The zero-order chi connectivity index (χ0) is 20.4. The predicted octanol–water partition coefficient (Wildman–Crippen LogP) is 2.81. The number of hydrogen-bond acceptors (Lipinski definition) is 6. The van der Waals surface area contributed by atoms with E-state index in [1.54, 1.807) is 24.5 Å².